The van der Waals surface area contributed by atoms with Gasteiger partial charge >= 0.3 is 11.8 Å². The van der Waals surface area contributed by atoms with Crippen molar-refractivity contribution >= 4 is 5.91 Å². The number of benzene rings is 1. The molecule has 0 radical (unpaired) electrons. The largest absolute Gasteiger partial charge is 0.385 e. The van der Waals surface area contributed by atoms with Crippen molar-refractivity contribution in [2.75, 3.05) is 26.3 Å². The van der Waals surface area contributed by atoms with E-state index in [9.17, 15) is 13.6 Å². The Labute approximate surface area is 110 Å². The Morgan fingerprint density at radius 2 is 1.84 bits per heavy atom. The van der Waals surface area contributed by atoms with Crippen molar-refractivity contribution < 1.29 is 18.3 Å². The van der Waals surface area contributed by atoms with Crippen molar-refractivity contribution in [1.82, 2.24) is 4.90 Å². The number of nitrogens with zero attached hydrogens (tertiary/aromatic N) is 1. The van der Waals surface area contributed by atoms with E-state index in [2.05, 4.69) is 5.92 Å². The zero-order valence-corrected chi connectivity index (χ0v) is 10.2. The molecule has 0 saturated carbocycles. The van der Waals surface area contributed by atoms with Crippen LogP contribution in [-0.4, -0.2) is 43.0 Å². The number of ether oxygens (including phenoxy) is 1. The summed E-state index contributed by atoms with van der Waals surface area (Å²) in [6.07, 6.45) is 0. The SMILES string of the molecule is O=C(N1CCOCC1)C(F)(F)C#Cc1ccccc1. The molecule has 0 bridgehead atoms. The quantitative estimate of drug-likeness (QED) is 0.721. The predicted octanol–water partition coefficient (Wildman–Crippen LogP) is 1.53. The highest BCUT2D eigenvalue weighted by molar-refractivity contribution is 5.87. The van der Waals surface area contributed by atoms with Gasteiger partial charge in [0.1, 0.15) is 0 Å². The number of amides is 1. The van der Waals surface area contributed by atoms with Gasteiger partial charge in [0.05, 0.1) is 13.2 Å². The number of halogens is 2. The lowest BCUT2D eigenvalue weighted by Crippen LogP contribution is -2.48. The molecule has 5 heteroatoms. The Morgan fingerprint density at radius 1 is 1.21 bits per heavy atom. The van der Waals surface area contributed by atoms with Crippen LogP contribution in [0, 0.1) is 11.8 Å². The topological polar surface area (TPSA) is 29.5 Å². The molecule has 100 valence electrons. The summed E-state index contributed by atoms with van der Waals surface area (Å²) in [7, 11) is 0. The van der Waals surface area contributed by atoms with E-state index in [4.69, 9.17) is 4.74 Å². The van der Waals surface area contributed by atoms with Gasteiger partial charge in [-0.15, -0.1) is 0 Å². The number of carbonyl (C=O) groups excluding carboxylic acids is 1. The summed E-state index contributed by atoms with van der Waals surface area (Å²) in [5.74, 6) is -0.827. The second-order valence-electron chi connectivity index (χ2n) is 4.09. The molecule has 0 atom stereocenters. The first-order chi connectivity index (χ1) is 9.09. The highest BCUT2D eigenvalue weighted by Crippen LogP contribution is 2.17. The van der Waals surface area contributed by atoms with Crippen LogP contribution in [0.5, 0.6) is 0 Å². The van der Waals surface area contributed by atoms with Crippen LogP contribution in [-0.2, 0) is 9.53 Å². The number of rotatable bonds is 1. The van der Waals surface area contributed by atoms with Gasteiger partial charge in [0.25, 0.3) is 0 Å². The maximum absolute atomic E-state index is 13.7. The molecule has 3 nitrogen and oxygen atoms in total. The first-order valence-corrected chi connectivity index (χ1v) is 5.93. The van der Waals surface area contributed by atoms with Crippen LogP contribution in [0.4, 0.5) is 8.78 Å². The van der Waals surface area contributed by atoms with Gasteiger partial charge in [-0.3, -0.25) is 4.79 Å². The van der Waals surface area contributed by atoms with E-state index in [0.717, 1.165) is 4.90 Å². The maximum Gasteiger partial charge on any atom is 0.385 e. The second-order valence-corrected chi connectivity index (χ2v) is 4.09. The molecule has 1 saturated heterocycles. The molecule has 0 aromatic heterocycles. The second kappa shape index (κ2) is 5.81. The summed E-state index contributed by atoms with van der Waals surface area (Å²) in [5, 5.41) is 0. The summed E-state index contributed by atoms with van der Waals surface area (Å²) < 4.78 is 32.4. The van der Waals surface area contributed by atoms with Crippen molar-refractivity contribution in [3.63, 3.8) is 0 Å². The van der Waals surface area contributed by atoms with E-state index in [1.165, 1.54) is 0 Å². The third-order valence-electron chi connectivity index (χ3n) is 2.70. The summed E-state index contributed by atoms with van der Waals surface area (Å²) >= 11 is 0. The van der Waals surface area contributed by atoms with E-state index in [1.807, 2.05) is 0 Å². The van der Waals surface area contributed by atoms with Gasteiger partial charge in [0.15, 0.2) is 0 Å². The molecular formula is C14H13F2NO2. The molecule has 2 rings (SSSR count). The Balaban J connectivity index is 2.09. The summed E-state index contributed by atoms with van der Waals surface area (Å²) in [5.41, 5.74) is 0.456. The van der Waals surface area contributed by atoms with Crippen LogP contribution in [0.2, 0.25) is 0 Å². The predicted molar refractivity (Wildman–Crippen MR) is 65.7 cm³/mol. The highest BCUT2D eigenvalue weighted by atomic mass is 19.3. The minimum atomic E-state index is -3.66. The fourth-order valence-corrected chi connectivity index (χ4v) is 1.69. The zero-order chi connectivity index (χ0) is 13.7. The fourth-order valence-electron chi connectivity index (χ4n) is 1.69. The molecule has 1 aromatic rings. The maximum atomic E-state index is 13.7. The molecule has 1 aliphatic rings. The lowest BCUT2D eigenvalue weighted by atomic mass is 10.2. The lowest BCUT2D eigenvalue weighted by molar-refractivity contribution is -0.153. The van der Waals surface area contributed by atoms with Gasteiger partial charge in [0, 0.05) is 18.7 Å². The van der Waals surface area contributed by atoms with Crippen molar-refractivity contribution in [1.29, 1.82) is 0 Å². The lowest BCUT2D eigenvalue weighted by Gasteiger charge is -2.28. The summed E-state index contributed by atoms with van der Waals surface area (Å²) in [6, 6.07) is 8.39. The summed E-state index contributed by atoms with van der Waals surface area (Å²) in [6.45, 7) is 0.935. The molecule has 1 aromatic carbocycles. The molecule has 1 heterocycles. The van der Waals surface area contributed by atoms with Gasteiger partial charge in [-0.1, -0.05) is 24.1 Å². The van der Waals surface area contributed by atoms with Crippen molar-refractivity contribution in [2.45, 2.75) is 5.92 Å². The standard InChI is InChI=1S/C14H13F2NO2/c15-14(16,7-6-12-4-2-1-3-5-12)13(18)17-8-10-19-11-9-17/h1-5H,8-11H2. The molecule has 0 unspecified atom stereocenters. The zero-order valence-electron chi connectivity index (χ0n) is 10.2. The number of hydrogen-bond acceptors (Lipinski definition) is 2. The molecule has 0 N–H and O–H groups in total. The van der Waals surface area contributed by atoms with E-state index in [1.54, 1.807) is 36.3 Å². The molecular weight excluding hydrogens is 252 g/mol. The van der Waals surface area contributed by atoms with Crippen LogP contribution in [0.15, 0.2) is 30.3 Å². The number of morpholine rings is 1. The number of hydrogen-bond donors (Lipinski definition) is 0. The van der Waals surface area contributed by atoms with Gasteiger partial charge in [0.2, 0.25) is 0 Å². The third kappa shape index (κ3) is 3.52. The van der Waals surface area contributed by atoms with Gasteiger partial charge < -0.3 is 9.64 Å². The normalized spacial score (nSPS) is 15.6. The monoisotopic (exact) mass is 265 g/mol. The Kier molecular flexibility index (Phi) is 4.13. The first kappa shape index (κ1) is 13.5. The van der Waals surface area contributed by atoms with E-state index in [0.29, 0.717) is 5.56 Å². The van der Waals surface area contributed by atoms with Crippen LogP contribution >= 0.6 is 0 Å². The average Bonchev–Trinajstić information content (AvgIpc) is 2.46. The number of alkyl halides is 2. The first-order valence-electron chi connectivity index (χ1n) is 5.93. The van der Waals surface area contributed by atoms with Crippen molar-refractivity contribution in [2.24, 2.45) is 0 Å². The Bertz CT molecular complexity index is 499. The molecule has 1 fully saturated rings. The number of carbonyl (C=O) groups is 1. The average molecular weight is 265 g/mol. The molecule has 0 spiro atoms. The van der Waals surface area contributed by atoms with Gasteiger partial charge in [-0.2, -0.15) is 8.78 Å². The van der Waals surface area contributed by atoms with Gasteiger partial charge in [-0.05, 0) is 18.1 Å². The fraction of sp³-hybridized carbons (Fsp3) is 0.357. The molecule has 1 amide bonds. The van der Waals surface area contributed by atoms with Crippen LogP contribution in [0.3, 0.4) is 0 Å². The third-order valence-corrected chi connectivity index (χ3v) is 2.70. The Morgan fingerprint density at radius 3 is 2.47 bits per heavy atom. The van der Waals surface area contributed by atoms with Crippen molar-refractivity contribution in [3.8, 4) is 11.8 Å². The van der Waals surface area contributed by atoms with E-state index >= 15 is 0 Å². The van der Waals surface area contributed by atoms with E-state index in [-0.39, 0.29) is 26.3 Å². The van der Waals surface area contributed by atoms with Crippen LogP contribution < -0.4 is 0 Å². The molecule has 0 aliphatic carbocycles. The van der Waals surface area contributed by atoms with Crippen LogP contribution in [0.1, 0.15) is 5.56 Å². The van der Waals surface area contributed by atoms with Gasteiger partial charge in [-0.25, -0.2) is 0 Å². The molecule has 19 heavy (non-hydrogen) atoms. The van der Waals surface area contributed by atoms with E-state index < -0.39 is 11.8 Å². The minimum Gasteiger partial charge on any atom is -0.378 e. The summed E-state index contributed by atoms with van der Waals surface area (Å²) in [4.78, 5) is 12.7. The Hall–Kier alpha value is -1.93. The highest BCUT2D eigenvalue weighted by Gasteiger charge is 2.40. The minimum absolute atomic E-state index is 0.182. The molecule has 1 aliphatic heterocycles. The smallest absolute Gasteiger partial charge is 0.378 e. The van der Waals surface area contributed by atoms with Crippen molar-refractivity contribution in [3.05, 3.63) is 35.9 Å². The van der Waals surface area contributed by atoms with Crippen LogP contribution in [0.25, 0.3) is 0 Å².